The van der Waals surface area contributed by atoms with E-state index in [0.29, 0.717) is 26.4 Å². The van der Waals surface area contributed by atoms with Crippen molar-refractivity contribution >= 4 is 63.9 Å². The number of rotatable bonds is 17. The van der Waals surface area contributed by atoms with E-state index in [0.717, 1.165) is 0 Å². The molecule has 0 aromatic heterocycles. The number of ether oxygens (including phenoxy) is 2. The lowest BCUT2D eigenvalue weighted by Crippen LogP contribution is -2.54. The first-order valence-electron chi connectivity index (χ1n) is 12.6. The van der Waals surface area contributed by atoms with Gasteiger partial charge in [0, 0.05) is 25.3 Å². The maximum Gasteiger partial charge on any atom is 0.488 e. The zero-order chi connectivity index (χ0) is 30.9. The van der Waals surface area contributed by atoms with Gasteiger partial charge in [0.1, 0.15) is 0 Å². The topological polar surface area (TPSA) is 170 Å². The van der Waals surface area contributed by atoms with Gasteiger partial charge in [-0.25, -0.2) is 0 Å². The normalized spacial score (nSPS) is 13.2. The lowest BCUT2D eigenvalue weighted by atomic mass is 10.8. The van der Waals surface area contributed by atoms with E-state index in [9.17, 15) is 19.2 Å². The summed E-state index contributed by atoms with van der Waals surface area (Å²) in [5.74, 6) is 0. The summed E-state index contributed by atoms with van der Waals surface area (Å²) in [6.07, 6.45) is 0.389. The summed E-state index contributed by atoms with van der Waals surface area (Å²) >= 11 is 0. The van der Waals surface area contributed by atoms with E-state index in [-0.39, 0.29) is 24.7 Å². The molecule has 4 N–H and O–H groups in total. The second-order valence-corrected chi connectivity index (χ2v) is 32.4. The largest absolute Gasteiger partial charge is 0.488 e. The molecule has 0 fully saturated rings. The van der Waals surface area contributed by atoms with Crippen LogP contribution in [0.5, 0.6) is 0 Å². The second kappa shape index (κ2) is 19.4. The highest BCUT2D eigenvalue weighted by Crippen LogP contribution is 2.21. The molecule has 0 aliphatic heterocycles. The first kappa shape index (κ1) is 42.7. The van der Waals surface area contributed by atoms with Crippen LogP contribution >= 0.6 is 0 Å². The third-order valence-corrected chi connectivity index (χ3v) is 20.6. The van der Waals surface area contributed by atoms with Gasteiger partial charge in [-0.3, -0.25) is 9.59 Å². The van der Waals surface area contributed by atoms with E-state index in [1.807, 2.05) is 40.0 Å². The van der Waals surface area contributed by atoms with E-state index in [1.54, 1.807) is 0 Å². The van der Waals surface area contributed by atoms with Gasteiger partial charge in [0.25, 0.3) is 0 Å². The van der Waals surface area contributed by atoms with Crippen LogP contribution in [-0.2, 0) is 35.5 Å². The minimum Gasteiger partial charge on any atom is -0.437 e. The average molecular weight is 655 g/mol. The van der Waals surface area contributed by atoms with Gasteiger partial charge < -0.3 is 45.1 Å². The SMILES string of the molecule is CCOCC[Si](O)(O)O[Si](C)(C)O[Si](C)(C)C.CCOCC[Si](O)(O)O[Si](C)(C)O[Si](C)(C)C.O=CC=O. The van der Waals surface area contributed by atoms with Crippen molar-refractivity contribution in [3.05, 3.63) is 0 Å². The van der Waals surface area contributed by atoms with Gasteiger partial charge in [-0.15, -0.1) is 0 Å². The first-order chi connectivity index (χ1) is 16.9. The smallest absolute Gasteiger partial charge is 0.437 e. The molecule has 12 nitrogen and oxygen atoms in total. The van der Waals surface area contributed by atoms with Crippen molar-refractivity contribution in [1.82, 2.24) is 0 Å². The quantitative estimate of drug-likeness (QED) is 0.0783. The number of aldehydes is 2. The molecule has 0 saturated heterocycles. The average Bonchev–Trinajstić information content (AvgIpc) is 2.63. The van der Waals surface area contributed by atoms with Crippen LogP contribution in [-0.4, -0.2) is 110 Å². The predicted molar refractivity (Wildman–Crippen MR) is 161 cm³/mol. The van der Waals surface area contributed by atoms with Gasteiger partial charge in [0.15, 0.2) is 29.2 Å². The van der Waals surface area contributed by atoms with Crippen molar-refractivity contribution in [3.8, 4) is 0 Å². The summed E-state index contributed by atoms with van der Waals surface area (Å²) in [6, 6.07) is 0.318. The van der Waals surface area contributed by atoms with Gasteiger partial charge in [0.05, 0.1) is 13.2 Å². The lowest BCUT2D eigenvalue weighted by molar-refractivity contribution is -0.122. The highest BCUT2D eigenvalue weighted by molar-refractivity contribution is 6.85. The predicted octanol–water partition coefficient (Wildman–Crippen LogP) is 2.42. The number of hydrogen-bond acceptors (Lipinski definition) is 12. The van der Waals surface area contributed by atoms with Gasteiger partial charge >= 0.3 is 34.7 Å². The van der Waals surface area contributed by atoms with Crippen LogP contribution < -0.4 is 0 Å². The Morgan fingerprint density at radius 2 is 0.789 bits per heavy atom. The van der Waals surface area contributed by atoms with E-state index in [1.165, 1.54) is 0 Å². The summed E-state index contributed by atoms with van der Waals surface area (Å²) in [6.45, 7) is 25.2. The molecule has 0 saturated carbocycles. The fraction of sp³-hybridized carbons (Fsp3) is 0.900. The van der Waals surface area contributed by atoms with E-state index < -0.39 is 51.4 Å². The molecule has 0 bridgehead atoms. The fourth-order valence-electron chi connectivity index (χ4n) is 3.10. The molecule has 0 aliphatic carbocycles. The van der Waals surface area contributed by atoms with E-state index >= 15 is 0 Å². The molecule has 0 spiro atoms. The molecular formula is C20H54O12Si6. The van der Waals surface area contributed by atoms with Gasteiger partial charge in [0.2, 0.25) is 0 Å². The van der Waals surface area contributed by atoms with E-state index in [2.05, 4.69) is 39.3 Å². The van der Waals surface area contributed by atoms with Gasteiger partial charge in [-0.1, -0.05) is 0 Å². The number of carbonyl (C=O) groups is 2. The first-order valence-corrected chi connectivity index (χ1v) is 29.1. The van der Waals surface area contributed by atoms with Crippen LogP contribution in [0, 0.1) is 0 Å². The van der Waals surface area contributed by atoms with E-state index in [4.69, 9.17) is 35.5 Å². The zero-order valence-corrected chi connectivity index (χ0v) is 31.5. The Kier molecular flexibility index (Phi) is 21.8. The molecule has 0 aromatic carbocycles. The monoisotopic (exact) mass is 654 g/mol. The molecule has 0 radical (unpaired) electrons. The molecule has 0 atom stereocenters. The van der Waals surface area contributed by atoms with Crippen LogP contribution in [0.25, 0.3) is 0 Å². The minimum absolute atomic E-state index is 0.159. The molecular weight excluding hydrogens is 601 g/mol. The molecule has 18 heteroatoms. The second-order valence-electron chi connectivity index (χ2n) is 11.1. The van der Waals surface area contributed by atoms with Crippen LogP contribution in [0.2, 0.25) is 77.6 Å². The summed E-state index contributed by atoms with van der Waals surface area (Å²) < 4.78 is 32.9. The Labute approximate surface area is 236 Å². The number of hydrogen-bond donors (Lipinski definition) is 4. The summed E-state index contributed by atoms with van der Waals surface area (Å²) in [4.78, 5) is 57.0. The van der Waals surface area contributed by atoms with Crippen molar-refractivity contribution in [2.24, 2.45) is 0 Å². The van der Waals surface area contributed by atoms with Crippen molar-refractivity contribution in [2.75, 3.05) is 26.4 Å². The maximum absolute atomic E-state index is 9.84. The highest BCUT2D eigenvalue weighted by Gasteiger charge is 2.44. The molecule has 0 unspecified atom stereocenters. The highest BCUT2D eigenvalue weighted by atomic mass is 28.5. The zero-order valence-electron chi connectivity index (χ0n) is 25.5. The Morgan fingerprint density at radius 3 is 0.974 bits per heavy atom. The molecule has 38 heavy (non-hydrogen) atoms. The molecule has 230 valence electrons. The van der Waals surface area contributed by atoms with Crippen LogP contribution in [0.15, 0.2) is 0 Å². The molecule has 0 heterocycles. The minimum atomic E-state index is -3.64. The van der Waals surface area contributed by atoms with Crippen molar-refractivity contribution in [2.45, 2.75) is 91.4 Å². The Hall–Kier alpha value is 0.241. The van der Waals surface area contributed by atoms with Crippen LogP contribution in [0.4, 0.5) is 0 Å². The molecule has 0 rings (SSSR count). The summed E-state index contributed by atoms with van der Waals surface area (Å²) in [5, 5.41) is 0. The van der Waals surface area contributed by atoms with Crippen molar-refractivity contribution < 1.29 is 54.7 Å². The van der Waals surface area contributed by atoms with Crippen LogP contribution in [0.3, 0.4) is 0 Å². The number of carbonyl (C=O) groups excluding carboxylic acids is 2. The van der Waals surface area contributed by atoms with Gasteiger partial charge in [-0.05, 0) is 79.3 Å². The Morgan fingerprint density at radius 1 is 0.526 bits per heavy atom. The summed E-state index contributed by atoms with van der Waals surface area (Å²) in [7, 11) is -15.7. The molecule has 0 aromatic rings. The molecule has 0 aliphatic rings. The lowest BCUT2D eigenvalue weighted by Gasteiger charge is -2.34. The Bertz CT molecular complexity index is 583. The fourth-order valence-corrected chi connectivity index (χ4v) is 23.9. The van der Waals surface area contributed by atoms with Crippen LogP contribution in [0.1, 0.15) is 13.8 Å². The van der Waals surface area contributed by atoms with Gasteiger partial charge in [-0.2, -0.15) is 0 Å². The van der Waals surface area contributed by atoms with Crippen molar-refractivity contribution in [1.29, 1.82) is 0 Å². The van der Waals surface area contributed by atoms with Crippen molar-refractivity contribution in [3.63, 3.8) is 0 Å². The Balaban J connectivity index is -0.000000564. The third-order valence-electron chi connectivity index (χ3n) is 3.53. The molecule has 0 amide bonds. The maximum atomic E-state index is 9.84. The third kappa shape index (κ3) is 32.5. The summed E-state index contributed by atoms with van der Waals surface area (Å²) in [5.41, 5.74) is 0. The standard InChI is InChI=1S/2C9H26O5Si3.C2H2O2/c2*1-7-12-8-9-17(10,11)14-16(5,6)13-15(2,3)4;3-1-2-4/h2*10-11H,7-9H2,1-6H3;1-2H.